The average molecular weight is 374 g/mol. The van der Waals surface area contributed by atoms with Crippen molar-refractivity contribution >= 4 is 11.9 Å². The molecule has 1 aromatic heterocycles. The molecule has 0 aliphatic rings. The molecule has 0 aliphatic heterocycles. The number of aromatic nitrogens is 2. The van der Waals surface area contributed by atoms with Gasteiger partial charge in [0.25, 0.3) is 5.91 Å². The van der Waals surface area contributed by atoms with Crippen molar-refractivity contribution in [2.75, 3.05) is 18.4 Å². The Kier molecular flexibility index (Phi) is 7.13. The second-order valence-electron chi connectivity index (χ2n) is 6.73. The zero-order valence-corrected chi connectivity index (χ0v) is 16.2. The highest BCUT2D eigenvalue weighted by Gasteiger charge is 2.10. The first-order chi connectivity index (χ1) is 13.7. The summed E-state index contributed by atoms with van der Waals surface area (Å²) in [6.45, 7) is 3.20. The Morgan fingerprint density at radius 3 is 2.18 bits per heavy atom. The van der Waals surface area contributed by atoms with E-state index >= 15 is 0 Å². The summed E-state index contributed by atoms with van der Waals surface area (Å²) in [5.74, 6) is 0.329. The number of benzene rings is 2. The molecule has 0 bridgehead atoms. The van der Waals surface area contributed by atoms with Gasteiger partial charge in [-0.1, -0.05) is 60.7 Å². The molecule has 0 radical (unpaired) electrons. The van der Waals surface area contributed by atoms with Gasteiger partial charge in [0.05, 0.1) is 0 Å². The van der Waals surface area contributed by atoms with Crippen molar-refractivity contribution in [3.8, 4) is 0 Å². The smallest absolute Gasteiger partial charge is 0.270 e. The van der Waals surface area contributed by atoms with E-state index in [-0.39, 0.29) is 5.91 Å². The number of carbonyl (C=O) groups excluding carboxylic acids is 1. The van der Waals surface area contributed by atoms with Crippen molar-refractivity contribution in [2.24, 2.45) is 0 Å². The molecule has 0 unspecified atom stereocenters. The minimum atomic E-state index is -0.162. The first-order valence-electron chi connectivity index (χ1n) is 9.66. The number of hydrogen-bond donors (Lipinski definition) is 2. The molecular formula is C23H26N4O. The van der Waals surface area contributed by atoms with Gasteiger partial charge < -0.3 is 10.6 Å². The topological polar surface area (TPSA) is 66.9 Å². The maximum atomic E-state index is 12.4. The highest BCUT2D eigenvalue weighted by molar-refractivity contribution is 5.92. The molecule has 3 rings (SSSR count). The molecule has 28 heavy (non-hydrogen) atoms. The molecule has 0 atom stereocenters. The molecule has 2 N–H and O–H groups in total. The standard InChI is InChI=1S/C23H26N4O/c1-18-17-21(22(28)24-15-8-13-19-9-4-2-5-10-19)27-23(26-18)25-16-14-20-11-6-3-7-12-20/h2-7,9-12,17H,8,13-16H2,1H3,(H,24,28)(H,25,26,27). The van der Waals surface area contributed by atoms with Crippen molar-refractivity contribution in [3.05, 3.63) is 89.2 Å². The molecule has 3 aromatic rings. The van der Waals surface area contributed by atoms with Gasteiger partial charge in [-0.15, -0.1) is 0 Å². The molecule has 144 valence electrons. The predicted octanol–water partition coefficient (Wildman–Crippen LogP) is 3.80. The first kappa shape index (κ1) is 19.5. The van der Waals surface area contributed by atoms with Gasteiger partial charge in [0.15, 0.2) is 0 Å². The van der Waals surface area contributed by atoms with Crippen LogP contribution in [0.1, 0.15) is 33.7 Å². The minimum absolute atomic E-state index is 0.162. The minimum Gasteiger partial charge on any atom is -0.354 e. The normalized spacial score (nSPS) is 10.5. The van der Waals surface area contributed by atoms with Crippen molar-refractivity contribution in [2.45, 2.75) is 26.2 Å². The van der Waals surface area contributed by atoms with E-state index in [4.69, 9.17) is 0 Å². The van der Waals surface area contributed by atoms with Gasteiger partial charge in [-0.3, -0.25) is 4.79 Å². The van der Waals surface area contributed by atoms with Crippen LogP contribution in [0.5, 0.6) is 0 Å². The van der Waals surface area contributed by atoms with Crippen LogP contribution in [-0.2, 0) is 12.8 Å². The maximum absolute atomic E-state index is 12.4. The van der Waals surface area contributed by atoms with Gasteiger partial charge in [0, 0.05) is 18.8 Å². The zero-order valence-electron chi connectivity index (χ0n) is 16.2. The summed E-state index contributed by atoms with van der Waals surface area (Å²) in [5.41, 5.74) is 3.69. The van der Waals surface area contributed by atoms with E-state index in [1.807, 2.05) is 43.3 Å². The molecule has 1 amide bonds. The summed E-state index contributed by atoms with van der Waals surface area (Å²) in [6.07, 6.45) is 2.71. The Morgan fingerprint density at radius 1 is 0.857 bits per heavy atom. The third kappa shape index (κ3) is 6.20. The van der Waals surface area contributed by atoms with Gasteiger partial charge >= 0.3 is 0 Å². The maximum Gasteiger partial charge on any atom is 0.270 e. The molecule has 0 spiro atoms. The van der Waals surface area contributed by atoms with Gasteiger partial charge in [-0.2, -0.15) is 0 Å². The van der Waals surface area contributed by atoms with Gasteiger partial charge in [-0.25, -0.2) is 9.97 Å². The number of nitrogens with one attached hydrogen (secondary N) is 2. The lowest BCUT2D eigenvalue weighted by atomic mass is 10.1. The van der Waals surface area contributed by atoms with Crippen LogP contribution in [0, 0.1) is 6.92 Å². The summed E-state index contributed by atoms with van der Waals surface area (Å²) < 4.78 is 0. The van der Waals surface area contributed by atoms with Crippen LogP contribution in [0.2, 0.25) is 0 Å². The average Bonchev–Trinajstić information content (AvgIpc) is 2.72. The molecule has 0 aliphatic carbocycles. The van der Waals surface area contributed by atoms with Crippen LogP contribution in [0.25, 0.3) is 0 Å². The highest BCUT2D eigenvalue weighted by atomic mass is 16.1. The molecule has 0 fully saturated rings. The first-order valence-corrected chi connectivity index (χ1v) is 9.66. The summed E-state index contributed by atoms with van der Waals surface area (Å²) in [6, 6.07) is 22.2. The van der Waals surface area contributed by atoms with E-state index in [9.17, 15) is 4.79 Å². The lowest BCUT2D eigenvalue weighted by Crippen LogP contribution is -2.26. The molecule has 5 heteroatoms. The van der Waals surface area contributed by atoms with Crippen molar-refractivity contribution < 1.29 is 4.79 Å². The number of anilines is 1. The Labute approximate surface area is 166 Å². The second-order valence-corrected chi connectivity index (χ2v) is 6.73. The van der Waals surface area contributed by atoms with Crippen LogP contribution in [0.4, 0.5) is 5.95 Å². The van der Waals surface area contributed by atoms with Crippen molar-refractivity contribution in [1.29, 1.82) is 0 Å². The lowest BCUT2D eigenvalue weighted by molar-refractivity contribution is 0.0948. The Hall–Kier alpha value is -3.21. The van der Waals surface area contributed by atoms with Gasteiger partial charge in [0.1, 0.15) is 5.69 Å². The van der Waals surface area contributed by atoms with Crippen LogP contribution in [-0.4, -0.2) is 29.0 Å². The van der Waals surface area contributed by atoms with E-state index in [0.29, 0.717) is 24.7 Å². The summed E-state index contributed by atoms with van der Waals surface area (Å²) >= 11 is 0. The van der Waals surface area contributed by atoms with Crippen LogP contribution < -0.4 is 10.6 Å². The monoisotopic (exact) mass is 374 g/mol. The second kappa shape index (κ2) is 10.2. The summed E-state index contributed by atoms with van der Waals surface area (Å²) in [5, 5.41) is 6.16. The fourth-order valence-electron chi connectivity index (χ4n) is 2.96. The Balaban J connectivity index is 1.48. The number of nitrogens with zero attached hydrogens (tertiary/aromatic N) is 2. The van der Waals surface area contributed by atoms with E-state index in [2.05, 4.69) is 44.9 Å². The number of hydrogen-bond acceptors (Lipinski definition) is 4. The van der Waals surface area contributed by atoms with E-state index in [1.165, 1.54) is 11.1 Å². The van der Waals surface area contributed by atoms with Crippen molar-refractivity contribution in [3.63, 3.8) is 0 Å². The number of carbonyl (C=O) groups is 1. The molecule has 0 saturated carbocycles. The van der Waals surface area contributed by atoms with E-state index in [1.54, 1.807) is 6.07 Å². The number of aryl methyl sites for hydroxylation is 2. The number of rotatable bonds is 9. The van der Waals surface area contributed by atoms with Gasteiger partial charge in [0.2, 0.25) is 5.95 Å². The van der Waals surface area contributed by atoms with Crippen LogP contribution in [0.3, 0.4) is 0 Å². The largest absolute Gasteiger partial charge is 0.354 e. The molecule has 1 heterocycles. The molecule has 0 saturated heterocycles. The molecule has 2 aromatic carbocycles. The quantitative estimate of drug-likeness (QED) is 0.559. The summed E-state index contributed by atoms with van der Waals surface area (Å²) in [7, 11) is 0. The highest BCUT2D eigenvalue weighted by Crippen LogP contribution is 2.07. The SMILES string of the molecule is Cc1cc(C(=O)NCCCc2ccccc2)nc(NCCc2ccccc2)n1. The van der Waals surface area contributed by atoms with Crippen LogP contribution >= 0.6 is 0 Å². The van der Waals surface area contributed by atoms with Gasteiger partial charge in [-0.05, 0) is 43.4 Å². The Bertz CT molecular complexity index is 882. The fraction of sp³-hybridized carbons (Fsp3) is 0.261. The molecule has 5 nitrogen and oxygen atoms in total. The number of amides is 1. The Morgan fingerprint density at radius 2 is 1.50 bits per heavy atom. The third-order valence-corrected chi connectivity index (χ3v) is 4.40. The van der Waals surface area contributed by atoms with E-state index in [0.717, 1.165) is 25.0 Å². The van der Waals surface area contributed by atoms with Crippen molar-refractivity contribution in [1.82, 2.24) is 15.3 Å². The zero-order chi connectivity index (χ0) is 19.6. The predicted molar refractivity (Wildman–Crippen MR) is 113 cm³/mol. The van der Waals surface area contributed by atoms with Crippen LogP contribution in [0.15, 0.2) is 66.7 Å². The fourth-order valence-corrected chi connectivity index (χ4v) is 2.96. The molecular weight excluding hydrogens is 348 g/mol. The summed E-state index contributed by atoms with van der Waals surface area (Å²) in [4.78, 5) is 21.2. The third-order valence-electron chi connectivity index (χ3n) is 4.40. The van der Waals surface area contributed by atoms with E-state index < -0.39 is 0 Å². The lowest BCUT2D eigenvalue weighted by Gasteiger charge is -2.09.